The molecule has 264 valence electrons. The van der Waals surface area contributed by atoms with Crippen molar-refractivity contribution in [1.82, 2.24) is 9.55 Å². The summed E-state index contributed by atoms with van der Waals surface area (Å²) in [6.45, 7) is 0. The zero-order valence-corrected chi connectivity index (χ0v) is 31.0. The minimum Gasteiger partial charge on any atom is -0.309 e. The highest BCUT2D eigenvalue weighted by Gasteiger charge is 2.31. The highest BCUT2D eigenvalue weighted by Crippen LogP contribution is 2.58. The topological polar surface area (TPSA) is 17.8 Å². The molecular formula is C55H34N2. The SMILES string of the molecule is c1ccc(-c2c3c(c(-c4ccccc4)c4ccccc24)-c2ccc(-c4ccc(-c5ccc(-n6c7ccccc7c7cnccc76)cc5)cc4)c4cccc-3c24)cc1. The molecule has 2 heterocycles. The summed E-state index contributed by atoms with van der Waals surface area (Å²) in [7, 11) is 0. The summed E-state index contributed by atoms with van der Waals surface area (Å²) in [5.74, 6) is 0. The molecule has 0 radical (unpaired) electrons. The summed E-state index contributed by atoms with van der Waals surface area (Å²) in [5, 5.41) is 7.55. The normalized spacial score (nSPS) is 11.9. The fourth-order valence-corrected chi connectivity index (χ4v) is 9.60. The second kappa shape index (κ2) is 12.5. The van der Waals surface area contributed by atoms with Crippen LogP contribution < -0.4 is 0 Å². The molecule has 1 aliphatic rings. The number of benzene rings is 9. The van der Waals surface area contributed by atoms with Crippen molar-refractivity contribution in [2.45, 2.75) is 0 Å². The van der Waals surface area contributed by atoms with Crippen molar-refractivity contribution in [1.29, 1.82) is 0 Å². The summed E-state index contributed by atoms with van der Waals surface area (Å²) in [5.41, 5.74) is 18.7. The first-order valence-electron chi connectivity index (χ1n) is 19.6. The zero-order valence-electron chi connectivity index (χ0n) is 31.0. The van der Waals surface area contributed by atoms with Gasteiger partial charge in [0.05, 0.1) is 11.0 Å². The Balaban J connectivity index is 0.984. The lowest BCUT2D eigenvalue weighted by Gasteiger charge is -2.20. The maximum absolute atomic E-state index is 4.42. The third-order valence-electron chi connectivity index (χ3n) is 12.0. The summed E-state index contributed by atoms with van der Waals surface area (Å²) >= 11 is 0. The standard InChI is InChI=1S/C55H34N2/c1-3-12-38(13-4-1)51-44-17-7-8-18-45(44)52(39-14-5-2-6-15-39)55-47-31-30-41(43-19-11-20-46(53(43)47)54(51)55)37-24-22-35(23-25-37)36-26-28-40(29-27-36)57-49-21-10-9-16-42(49)48-34-56-33-32-50(48)57/h1-34H. The first-order chi connectivity index (χ1) is 28.3. The van der Waals surface area contributed by atoms with Gasteiger partial charge in [0, 0.05) is 28.9 Å². The molecule has 0 spiro atoms. The predicted octanol–water partition coefficient (Wildman–Crippen LogP) is 14.8. The van der Waals surface area contributed by atoms with Crippen molar-refractivity contribution in [3.05, 3.63) is 207 Å². The third-order valence-corrected chi connectivity index (χ3v) is 12.0. The number of pyridine rings is 1. The smallest absolute Gasteiger partial charge is 0.0571 e. The molecule has 9 aromatic carbocycles. The Bertz CT molecular complexity index is 3210. The van der Waals surface area contributed by atoms with Gasteiger partial charge in [0.1, 0.15) is 0 Å². The van der Waals surface area contributed by atoms with Gasteiger partial charge in [-0.3, -0.25) is 4.98 Å². The lowest BCUT2D eigenvalue weighted by atomic mass is 9.82. The predicted molar refractivity (Wildman–Crippen MR) is 240 cm³/mol. The Kier molecular flexibility index (Phi) is 6.96. The second-order valence-electron chi connectivity index (χ2n) is 15.0. The van der Waals surface area contributed by atoms with Gasteiger partial charge in [-0.15, -0.1) is 0 Å². The maximum atomic E-state index is 4.42. The number of aromatic nitrogens is 2. The van der Waals surface area contributed by atoms with Crippen LogP contribution in [0.1, 0.15) is 0 Å². The van der Waals surface area contributed by atoms with Crippen LogP contribution in [0.5, 0.6) is 0 Å². The van der Waals surface area contributed by atoms with Gasteiger partial charge in [-0.25, -0.2) is 0 Å². The van der Waals surface area contributed by atoms with Gasteiger partial charge in [0.2, 0.25) is 0 Å². The molecular weight excluding hydrogens is 689 g/mol. The van der Waals surface area contributed by atoms with Crippen molar-refractivity contribution in [2.75, 3.05) is 0 Å². The molecule has 2 nitrogen and oxygen atoms in total. The van der Waals surface area contributed by atoms with Crippen LogP contribution >= 0.6 is 0 Å². The van der Waals surface area contributed by atoms with Crippen molar-refractivity contribution in [3.63, 3.8) is 0 Å². The van der Waals surface area contributed by atoms with Crippen molar-refractivity contribution in [3.8, 4) is 72.4 Å². The van der Waals surface area contributed by atoms with E-state index in [-0.39, 0.29) is 0 Å². The molecule has 0 aliphatic heterocycles. The number of rotatable bonds is 5. The van der Waals surface area contributed by atoms with Crippen molar-refractivity contribution >= 4 is 43.4 Å². The van der Waals surface area contributed by atoms with Crippen LogP contribution in [0, 0.1) is 0 Å². The van der Waals surface area contributed by atoms with Gasteiger partial charge in [-0.05, 0) is 113 Å². The van der Waals surface area contributed by atoms with Gasteiger partial charge in [-0.1, -0.05) is 170 Å². The van der Waals surface area contributed by atoms with Gasteiger partial charge in [-0.2, -0.15) is 0 Å². The molecule has 0 amide bonds. The van der Waals surface area contributed by atoms with Crippen molar-refractivity contribution < 1.29 is 0 Å². The van der Waals surface area contributed by atoms with Crippen LogP contribution in [0.3, 0.4) is 0 Å². The molecule has 0 saturated carbocycles. The summed E-state index contributed by atoms with van der Waals surface area (Å²) < 4.78 is 2.33. The Morgan fingerprint density at radius 1 is 0.298 bits per heavy atom. The monoisotopic (exact) mass is 722 g/mol. The van der Waals surface area contributed by atoms with Crippen LogP contribution in [-0.4, -0.2) is 9.55 Å². The molecule has 1 aliphatic carbocycles. The first kappa shape index (κ1) is 31.8. The van der Waals surface area contributed by atoms with E-state index in [2.05, 4.69) is 204 Å². The molecule has 0 unspecified atom stereocenters. The Labute approximate surface area is 330 Å². The minimum atomic E-state index is 1.14. The van der Waals surface area contributed by atoms with E-state index in [1.54, 1.807) is 0 Å². The van der Waals surface area contributed by atoms with Gasteiger partial charge < -0.3 is 4.57 Å². The van der Waals surface area contributed by atoms with E-state index >= 15 is 0 Å². The molecule has 57 heavy (non-hydrogen) atoms. The Morgan fingerprint density at radius 2 is 0.807 bits per heavy atom. The largest absolute Gasteiger partial charge is 0.309 e. The van der Waals surface area contributed by atoms with E-state index in [1.165, 1.54) is 105 Å². The summed E-state index contributed by atoms with van der Waals surface area (Å²) in [6, 6.07) is 71.2. The molecule has 0 N–H and O–H groups in total. The lowest BCUT2D eigenvalue weighted by molar-refractivity contribution is 1.17. The third kappa shape index (κ3) is 4.74. The van der Waals surface area contributed by atoms with Crippen LogP contribution in [0.25, 0.3) is 116 Å². The zero-order chi connectivity index (χ0) is 37.5. The van der Waals surface area contributed by atoms with Gasteiger partial charge >= 0.3 is 0 Å². The number of fused-ring (bicyclic) bond motifs is 7. The van der Waals surface area contributed by atoms with Crippen LogP contribution in [0.4, 0.5) is 0 Å². The highest BCUT2D eigenvalue weighted by molar-refractivity contribution is 6.28. The van der Waals surface area contributed by atoms with E-state index < -0.39 is 0 Å². The second-order valence-corrected chi connectivity index (χ2v) is 15.0. The average molecular weight is 723 g/mol. The van der Waals surface area contributed by atoms with Crippen LogP contribution in [0.15, 0.2) is 207 Å². The van der Waals surface area contributed by atoms with Crippen molar-refractivity contribution in [2.24, 2.45) is 0 Å². The quantitative estimate of drug-likeness (QED) is 0.173. The van der Waals surface area contributed by atoms with E-state index in [0.717, 1.165) is 11.2 Å². The molecule has 2 heteroatoms. The first-order valence-corrected chi connectivity index (χ1v) is 19.6. The van der Waals surface area contributed by atoms with E-state index in [0.29, 0.717) is 0 Å². The molecule has 2 aromatic heterocycles. The Hall–Kier alpha value is -7.55. The number of hydrogen-bond donors (Lipinski definition) is 0. The maximum Gasteiger partial charge on any atom is 0.0571 e. The molecule has 11 aromatic rings. The summed E-state index contributed by atoms with van der Waals surface area (Å²) in [6.07, 6.45) is 3.84. The van der Waals surface area contributed by atoms with Gasteiger partial charge in [0.25, 0.3) is 0 Å². The van der Waals surface area contributed by atoms with Gasteiger partial charge in [0.15, 0.2) is 0 Å². The molecule has 0 bridgehead atoms. The summed E-state index contributed by atoms with van der Waals surface area (Å²) in [4.78, 5) is 4.42. The number of para-hydroxylation sites is 1. The average Bonchev–Trinajstić information content (AvgIpc) is 3.80. The Morgan fingerprint density at radius 3 is 1.47 bits per heavy atom. The van der Waals surface area contributed by atoms with E-state index in [1.807, 2.05) is 12.4 Å². The molecule has 0 fully saturated rings. The van der Waals surface area contributed by atoms with E-state index in [4.69, 9.17) is 0 Å². The fraction of sp³-hybridized carbons (Fsp3) is 0. The molecule has 0 saturated heterocycles. The van der Waals surface area contributed by atoms with Crippen LogP contribution in [0.2, 0.25) is 0 Å². The fourth-order valence-electron chi connectivity index (χ4n) is 9.60. The number of hydrogen-bond acceptors (Lipinski definition) is 1. The van der Waals surface area contributed by atoms with Crippen LogP contribution in [-0.2, 0) is 0 Å². The van der Waals surface area contributed by atoms with E-state index in [9.17, 15) is 0 Å². The number of nitrogens with zero attached hydrogens (tertiary/aromatic N) is 2. The molecule has 0 atom stereocenters. The lowest BCUT2D eigenvalue weighted by Crippen LogP contribution is -1.93. The molecule has 12 rings (SSSR count). The highest BCUT2D eigenvalue weighted by atomic mass is 15.0. The minimum absolute atomic E-state index is 1.14.